The highest BCUT2D eigenvalue weighted by atomic mass is 35.5. The molecule has 0 saturated carbocycles. The van der Waals surface area contributed by atoms with Crippen LogP contribution in [0.1, 0.15) is 21.5 Å². The Balaban J connectivity index is 1.66. The molecule has 0 spiro atoms. The maximum atomic E-state index is 14.4. The fourth-order valence-electron chi connectivity index (χ4n) is 2.65. The molecule has 0 amide bonds. The number of carbonyl (C=O) groups excluding carboxylic acids is 1. The molecule has 32 heavy (non-hydrogen) atoms. The van der Waals surface area contributed by atoms with Crippen LogP contribution in [0.15, 0.2) is 42.9 Å². The number of rotatable bonds is 7. The normalized spacial score (nSPS) is 11.2. The Morgan fingerprint density at radius 1 is 1.16 bits per heavy atom. The van der Waals surface area contributed by atoms with E-state index >= 15 is 0 Å². The highest BCUT2D eigenvalue weighted by molar-refractivity contribution is 6.33. The molecule has 7 nitrogen and oxygen atoms in total. The van der Waals surface area contributed by atoms with Gasteiger partial charge in [-0.15, -0.1) is 0 Å². The fourth-order valence-corrected chi connectivity index (χ4v) is 2.86. The van der Waals surface area contributed by atoms with E-state index in [9.17, 15) is 22.4 Å². The quantitative estimate of drug-likeness (QED) is 0.298. The average molecular weight is 471 g/mol. The number of alkyl halides is 3. The molecular formula is C20H15ClF4N4O3. The van der Waals surface area contributed by atoms with Crippen LogP contribution in [-0.4, -0.2) is 34.6 Å². The monoisotopic (exact) mass is 470 g/mol. The molecule has 3 aromatic rings. The van der Waals surface area contributed by atoms with Crippen molar-refractivity contribution in [2.24, 2.45) is 0 Å². The van der Waals surface area contributed by atoms with Gasteiger partial charge in [-0.1, -0.05) is 17.7 Å². The highest BCUT2D eigenvalue weighted by Gasteiger charge is 2.31. The number of hydrogen-bond donors (Lipinski definition) is 1. The second-order valence-corrected chi connectivity index (χ2v) is 6.65. The second kappa shape index (κ2) is 9.77. The minimum absolute atomic E-state index is 0.0124. The number of ether oxygens (including phenoxy) is 2. The number of hydrogen-bond acceptors (Lipinski definition) is 7. The lowest BCUT2D eigenvalue weighted by Crippen LogP contribution is -2.14. The summed E-state index contributed by atoms with van der Waals surface area (Å²) in [6.07, 6.45) is -2.25. The molecule has 0 radical (unpaired) electrons. The number of carbonyl (C=O) groups is 1. The van der Waals surface area contributed by atoms with Gasteiger partial charge in [-0.05, 0) is 24.1 Å². The van der Waals surface area contributed by atoms with Crippen molar-refractivity contribution in [2.75, 3.05) is 19.0 Å². The largest absolute Gasteiger partial charge is 0.465 e. The Kier molecular flexibility index (Phi) is 7.08. The van der Waals surface area contributed by atoms with E-state index in [1.54, 1.807) is 0 Å². The van der Waals surface area contributed by atoms with Crippen molar-refractivity contribution in [2.45, 2.75) is 12.6 Å². The molecule has 0 saturated heterocycles. The molecule has 0 atom stereocenters. The van der Waals surface area contributed by atoms with E-state index in [0.29, 0.717) is 5.56 Å². The van der Waals surface area contributed by atoms with Crippen molar-refractivity contribution >= 4 is 23.4 Å². The first-order chi connectivity index (χ1) is 15.2. The van der Waals surface area contributed by atoms with Crippen LogP contribution in [0.3, 0.4) is 0 Å². The van der Waals surface area contributed by atoms with Crippen LogP contribution in [0, 0.1) is 5.82 Å². The highest BCUT2D eigenvalue weighted by Crippen LogP contribution is 2.32. The third kappa shape index (κ3) is 5.61. The van der Waals surface area contributed by atoms with E-state index in [0.717, 1.165) is 30.7 Å². The van der Waals surface area contributed by atoms with E-state index in [1.165, 1.54) is 19.2 Å². The summed E-state index contributed by atoms with van der Waals surface area (Å²) in [6.45, 7) is 0.184. The van der Waals surface area contributed by atoms with Gasteiger partial charge in [-0.2, -0.15) is 13.2 Å². The zero-order chi connectivity index (χ0) is 23.3. The van der Waals surface area contributed by atoms with E-state index in [-0.39, 0.29) is 41.1 Å². The molecule has 0 aliphatic carbocycles. The van der Waals surface area contributed by atoms with E-state index < -0.39 is 23.5 Å². The lowest BCUT2D eigenvalue weighted by atomic mass is 10.1. The Bertz CT molecular complexity index is 1130. The maximum Gasteiger partial charge on any atom is 0.416 e. The Labute approximate surface area is 184 Å². The third-order valence-electron chi connectivity index (χ3n) is 4.19. The number of esters is 1. The van der Waals surface area contributed by atoms with Crippen LogP contribution in [0.4, 0.5) is 23.4 Å². The molecule has 0 fully saturated rings. The van der Waals surface area contributed by atoms with Crippen molar-refractivity contribution in [3.8, 4) is 11.6 Å². The van der Waals surface area contributed by atoms with Gasteiger partial charge in [-0.25, -0.2) is 24.1 Å². The molecule has 168 valence electrons. The SMILES string of the molecule is COC(=O)c1c(Cl)ncnc1NCCc1ccc(Oc2cc(C(F)(F)F)ccn2)cc1F. The van der Waals surface area contributed by atoms with Gasteiger partial charge in [0.05, 0.1) is 12.7 Å². The Morgan fingerprint density at radius 2 is 1.94 bits per heavy atom. The zero-order valence-corrected chi connectivity index (χ0v) is 17.2. The number of aromatic nitrogens is 3. The lowest BCUT2D eigenvalue weighted by molar-refractivity contribution is -0.137. The first kappa shape index (κ1) is 23.2. The van der Waals surface area contributed by atoms with Gasteiger partial charge in [-0.3, -0.25) is 0 Å². The average Bonchev–Trinajstić information content (AvgIpc) is 2.74. The number of nitrogens with one attached hydrogen (secondary N) is 1. The zero-order valence-electron chi connectivity index (χ0n) is 16.4. The van der Waals surface area contributed by atoms with Gasteiger partial charge in [0.2, 0.25) is 5.88 Å². The number of halogens is 5. The number of methoxy groups -OCH3 is 1. The fraction of sp³-hybridized carbons (Fsp3) is 0.200. The Hall–Kier alpha value is -3.47. The number of nitrogens with zero attached hydrogens (tertiary/aromatic N) is 3. The van der Waals surface area contributed by atoms with Crippen LogP contribution in [0.2, 0.25) is 5.15 Å². The summed E-state index contributed by atoms with van der Waals surface area (Å²) >= 11 is 5.91. The van der Waals surface area contributed by atoms with Crippen LogP contribution in [0.25, 0.3) is 0 Å². The summed E-state index contributed by atoms with van der Waals surface area (Å²) in [5, 5.41) is 2.78. The summed E-state index contributed by atoms with van der Waals surface area (Å²) in [4.78, 5) is 23.2. The summed E-state index contributed by atoms with van der Waals surface area (Å²) in [6, 6.07) is 5.40. The van der Waals surface area contributed by atoms with Crippen molar-refractivity contribution in [3.63, 3.8) is 0 Å². The molecule has 1 N–H and O–H groups in total. The van der Waals surface area contributed by atoms with Gasteiger partial charge < -0.3 is 14.8 Å². The van der Waals surface area contributed by atoms with E-state index in [1.807, 2.05) is 0 Å². The van der Waals surface area contributed by atoms with Crippen LogP contribution >= 0.6 is 11.6 Å². The predicted molar refractivity (Wildman–Crippen MR) is 106 cm³/mol. The molecule has 2 heterocycles. The van der Waals surface area contributed by atoms with Gasteiger partial charge in [0.15, 0.2) is 0 Å². The van der Waals surface area contributed by atoms with Gasteiger partial charge in [0.1, 0.15) is 34.4 Å². The topological polar surface area (TPSA) is 86.2 Å². The van der Waals surface area contributed by atoms with Crippen LogP contribution < -0.4 is 10.1 Å². The van der Waals surface area contributed by atoms with Crippen molar-refractivity contribution in [3.05, 3.63) is 70.5 Å². The van der Waals surface area contributed by atoms with Crippen LogP contribution in [0.5, 0.6) is 11.6 Å². The molecule has 0 bridgehead atoms. The third-order valence-corrected chi connectivity index (χ3v) is 4.47. The predicted octanol–water partition coefficient (Wildman–Crippen LogP) is 4.92. The van der Waals surface area contributed by atoms with Crippen molar-refractivity contribution in [1.29, 1.82) is 0 Å². The summed E-state index contributed by atoms with van der Waals surface area (Å²) in [7, 11) is 1.18. The smallest absolute Gasteiger partial charge is 0.416 e. The van der Waals surface area contributed by atoms with Gasteiger partial charge >= 0.3 is 12.1 Å². The summed E-state index contributed by atoms with van der Waals surface area (Å²) in [5.74, 6) is -1.56. The minimum atomic E-state index is -4.55. The van der Waals surface area contributed by atoms with Gasteiger partial charge in [0, 0.05) is 24.9 Å². The van der Waals surface area contributed by atoms with Crippen LogP contribution in [-0.2, 0) is 17.3 Å². The summed E-state index contributed by atoms with van der Waals surface area (Å²) in [5.41, 5.74) is -0.682. The molecule has 12 heteroatoms. The standard InChI is InChI=1S/C20H15ClF4N4O3/c1-31-19(30)16-17(21)28-10-29-18(16)27-6-4-11-2-3-13(9-14(11)22)32-15-8-12(5-7-26-15)20(23,24)25/h2-3,5,7-10H,4,6H2,1H3,(H,27,28,29). The van der Waals surface area contributed by atoms with E-state index in [4.69, 9.17) is 16.3 Å². The molecule has 0 aliphatic rings. The molecule has 1 aromatic carbocycles. The summed E-state index contributed by atoms with van der Waals surface area (Å²) < 4.78 is 62.7. The molecule has 2 aromatic heterocycles. The van der Waals surface area contributed by atoms with Crippen molar-refractivity contribution in [1.82, 2.24) is 15.0 Å². The number of pyridine rings is 1. The second-order valence-electron chi connectivity index (χ2n) is 6.29. The van der Waals surface area contributed by atoms with Crippen molar-refractivity contribution < 1.29 is 31.8 Å². The first-order valence-electron chi connectivity index (χ1n) is 9.01. The number of anilines is 1. The molecular weight excluding hydrogens is 456 g/mol. The van der Waals surface area contributed by atoms with Gasteiger partial charge in [0.25, 0.3) is 0 Å². The number of benzene rings is 1. The minimum Gasteiger partial charge on any atom is -0.465 e. The Morgan fingerprint density at radius 3 is 2.62 bits per heavy atom. The molecule has 0 aliphatic heterocycles. The maximum absolute atomic E-state index is 14.4. The molecule has 0 unspecified atom stereocenters. The van der Waals surface area contributed by atoms with E-state index in [2.05, 4.69) is 25.0 Å². The molecule has 3 rings (SSSR count). The lowest BCUT2D eigenvalue weighted by Gasteiger charge is -2.12. The first-order valence-corrected chi connectivity index (χ1v) is 9.39.